The Kier molecular flexibility index (Phi) is 4.17. The number of hydrogen-bond donors (Lipinski definition) is 1. The fraction of sp³-hybridized carbons (Fsp3) is 0.200. The maximum absolute atomic E-state index is 11.8. The van der Waals surface area contributed by atoms with Gasteiger partial charge in [0.25, 0.3) is 10.9 Å². The van der Waals surface area contributed by atoms with E-state index < -0.39 is 4.92 Å². The van der Waals surface area contributed by atoms with Crippen molar-refractivity contribution in [2.45, 2.75) is 6.54 Å². The van der Waals surface area contributed by atoms with Crippen molar-refractivity contribution in [2.24, 2.45) is 0 Å². The molecule has 0 aliphatic heterocycles. The van der Waals surface area contributed by atoms with Gasteiger partial charge in [-0.1, -0.05) is 23.5 Å². The molecule has 1 amide bonds. The van der Waals surface area contributed by atoms with Crippen molar-refractivity contribution < 1.29 is 9.72 Å². The van der Waals surface area contributed by atoms with Crippen molar-refractivity contribution in [3.05, 3.63) is 57.1 Å². The number of nitro groups is 1. The number of anilines is 1. The molecule has 9 heteroatoms. The van der Waals surface area contributed by atoms with Crippen molar-refractivity contribution in [1.82, 2.24) is 14.3 Å². The van der Waals surface area contributed by atoms with Crippen LogP contribution in [0, 0.1) is 10.1 Å². The van der Waals surface area contributed by atoms with Gasteiger partial charge in [-0.05, 0) is 22.6 Å². The molecule has 0 saturated carbocycles. The minimum Gasteiger partial charge on any atom is -0.359 e. The summed E-state index contributed by atoms with van der Waals surface area (Å²) < 4.78 is 1.45. The van der Waals surface area contributed by atoms with E-state index >= 15 is 0 Å². The molecule has 1 N–H and O–H groups in total. The fourth-order valence-corrected chi connectivity index (χ4v) is 2.99. The van der Waals surface area contributed by atoms with Crippen LogP contribution in [0.15, 0.2) is 35.8 Å². The second-order valence-corrected chi connectivity index (χ2v) is 6.22. The summed E-state index contributed by atoms with van der Waals surface area (Å²) in [6, 6.07) is 7.10. The first-order chi connectivity index (χ1) is 11.5. The number of imidazole rings is 1. The van der Waals surface area contributed by atoms with Crippen molar-refractivity contribution in [3.8, 4) is 0 Å². The third-order valence-corrected chi connectivity index (χ3v) is 4.23. The van der Waals surface area contributed by atoms with Gasteiger partial charge in [-0.15, -0.1) is 0 Å². The molecule has 0 radical (unpaired) electrons. The molecule has 0 unspecified atom stereocenters. The van der Waals surface area contributed by atoms with E-state index in [0.717, 1.165) is 5.56 Å². The van der Waals surface area contributed by atoms with E-state index in [1.165, 1.54) is 20.6 Å². The molecule has 2 heterocycles. The van der Waals surface area contributed by atoms with Crippen LogP contribution in [0.5, 0.6) is 0 Å². The zero-order valence-electron chi connectivity index (χ0n) is 13.1. The molecule has 24 heavy (non-hydrogen) atoms. The van der Waals surface area contributed by atoms with Gasteiger partial charge in [0, 0.05) is 31.6 Å². The molecule has 0 aliphatic rings. The molecular formula is C15H15N5O3S. The lowest BCUT2D eigenvalue weighted by Gasteiger charge is -2.10. The normalized spacial score (nSPS) is 10.8. The summed E-state index contributed by atoms with van der Waals surface area (Å²) in [4.78, 5) is 29.0. The van der Waals surface area contributed by atoms with Gasteiger partial charge in [0.2, 0.25) is 5.82 Å². The topological polar surface area (TPSA) is 92.8 Å². The summed E-state index contributed by atoms with van der Waals surface area (Å²) in [6.07, 6.45) is 1.62. The molecule has 0 fully saturated rings. The molecule has 0 aliphatic carbocycles. The third-order valence-electron chi connectivity index (χ3n) is 3.48. The van der Waals surface area contributed by atoms with Crippen LogP contribution in [-0.4, -0.2) is 39.2 Å². The number of nitrogens with zero attached hydrogens (tertiary/aromatic N) is 4. The van der Waals surface area contributed by atoms with Crippen molar-refractivity contribution in [1.29, 1.82) is 0 Å². The second kappa shape index (κ2) is 6.28. The van der Waals surface area contributed by atoms with E-state index in [1.54, 1.807) is 37.8 Å². The number of fused-ring (bicyclic) bond motifs is 1. The number of thiazole rings is 1. The zero-order valence-corrected chi connectivity index (χ0v) is 13.9. The number of amides is 1. The Morgan fingerprint density at radius 3 is 2.71 bits per heavy atom. The third kappa shape index (κ3) is 2.93. The SMILES string of the molecule is CN(C)C(=O)c1ccc(CNc2nc3sccn3c2[N+](=O)[O-])cc1. The van der Waals surface area contributed by atoms with E-state index in [-0.39, 0.29) is 17.5 Å². The molecule has 0 atom stereocenters. The molecule has 3 aromatic rings. The van der Waals surface area contributed by atoms with Gasteiger partial charge in [0.1, 0.15) is 6.20 Å². The van der Waals surface area contributed by atoms with Gasteiger partial charge in [0.05, 0.1) is 0 Å². The maximum Gasteiger partial charge on any atom is 0.372 e. The summed E-state index contributed by atoms with van der Waals surface area (Å²) in [5.74, 6) is 0.0884. The Morgan fingerprint density at radius 1 is 1.38 bits per heavy atom. The number of nitrogens with one attached hydrogen (secondary N) is 1. The molecule has 0 bridgehead atoms. The first-order valence-corrected chi connectivity index (χ1v) is 7.99. The Balaban J connectivity index is 1.76. The Bertz CT molecular complexity index is 898. The first kappa shape index (κ1) is 15.9. The van der Waals surface area contributed by atoms with Gasteiger partial charge in [-0.2, -0.15) is 9.38 Å². The van der Waals surface area contributed by atoms with E-state index in [9.17, 15) is 14.9 Å². The minimum atomic E-state index is -0.450. The summed E-state index contributed by atoms with van der Waals surface area (Å²) in [5, 5.41) is 16.0. The van der Waals surface area contributed by atoms with Crippen molar-refractivity contribution in [3.63, 3.8) is 0 Å². The summed E-state index contributed by atoms with van der Waals surface area (Å²) >= 11 is 1.33. The van der Waals surface area contributed by atoms with Crippen LogP contribution >= 0.6 is 11.3 Å². The highest BCUT2D eigenvalue weighted by Gasteiger charge is 2.23. The number of aromatic nitrogens is 2. The van der Waals surface area contributed by atoms with Crippen LogP contribution in [0.2, 0.25) is 0 Å². The second-order valence-electron chi connectivity index (χ2n) is 5.35. The number of hydrogen-bond acceptors (Lipinski definition) is 6. The molecule has 124 valence electrons. The maximum atomic E-state index is 11.8. The number of benzene rings is 1. The largest absolute Gasteiger partial charge is 0.372 e. The number of rotatable bonds is 5. The predicted molar refractivity (Wildman–Crippen MR) is 91.5 cm³/mol. The Morgan fingerprint density at radius 2 is 2.08 bits per heavy atom. The highest BCUT2D eigenvalue weighted by molar-refractivity contribution is 7.15. The highest BCUT2D eigenvalue weighted by atomic mass is 32.1. The van der Waals surface area contributed by atoms with Crippen LogP contribution < -0.4 is 5.32 Å². The van der Waals surface area contributed by atoms with Gasteiger partial charge >= 0.3 is 5.82 Å². The van der Waals surface area contributed by atoms with Gasteiger partial charge in [0.15, 0.2) is 0 Å². The summed E-state index contributed by atoms with van der Waals surface area (Å²) in [6.45, 7) is 0.377. The van der Waals surface area contributed by atoms with Gasteiger partial charge in [-0.25, -0.2) is 0 Å². The summed E-state index contributed by atoms with van der Waals surface area (Å²) in [7, 11) is 3.39. The van der Waals surface area contributed by atoms with E-state index in [0.29, 0.717) is 17.1 Å². The first-order valence-electron chi connectivity index (χ1n) is 7.12. The van der Waals surface area contributed by atoms with Crippen molar-refractivity contribution in [2.75, 3.05) is 19.4 Å². The lowest BCUT2D eigenvalue weighted by atomic mass is 10.1. The van der Waals surface area contributed by atoms with E-state index in [1.807, 2.05) is 12.1 Å². The fourth-order valence-electron chi connectivity index (χ4n) is 2.28. The quantitative estimate of drug-likeness (QED) is 0.567. The van der Waals surface area contributed by atoms with Crippen LogP contribution in [0.4, 0.5) is 11.6 Å². The summed E-state index contributed by atoms with van der Waals surface area (Å²) in [5.41, 5.74) is 1.49. The van der Waals surface area contributed by atoms with E-state index in [2.05, 4.69) is 10.3 Å². The smallest absolute Gasteiger partial charge is 0.359 e. The predicted octanol–water partition coefficient (Wildman–Crippen LogP) is 2.62. The van der Waals surface area contributed by atoms with E-state index in [4.69, 9.17) is 0 Å². The van der Waals surface area contributed by atoms with Crippen LogP contribution in [0.25, 0.3) is 4.96 Å². The monoisotopic (exact) mass is 345 g/mol. The standard InChI is InChI=1S/C15H15N5O3S/c1-18(2)14(21)11-5-3-10(4-6-11)9-16-12-13(20(22)23)19-7-8-24-15(19)17-12/h3-8,16H,9H2,1-2H3. The molecule has 0 spiro atoms. The Labute approximate surface area is 141 Å². The molecule has 8 nitrogen and oxygen atoms in total. The molecule has 0 saturated heterocycles. The Hall–Kier alpha value is -2.94. The molecular weight excluding hydrogens is 330 g/mol. The number of carbonyl (C=O) groups is 1. The lowest BCUT2D eigenvalue weighted by molar-refractivity contribution is -0.389. The van der Waals surface area contributed by atoms with Gasteiger partial charge in [-0.3, -0.25) is 4.79 Å². The minimum absolute atomic E-state index is 0.0699. The zero-order chi connectivity index (χ0) is 17.3. The van der Waals surface area contributed by atoms with Gasteiger partial charge < -0.3 is 20.3 Å². The number of carbonyl (C=O) groups excluding carboxylic acids is 1. The highest BCUT2D eigenvalue weighted by Crippen LogP contribution is 2.28. The average molecular weight is 345 g/mol. The van der Waals surface area contributed by atoms with Crippen molar-refractivity contribution >= 4 is 33.8 Å². The molecule has 1 aromatic carbocycles. The lowest BCUT2D eigenvalue weighted by Crippen LogP contribution is -2.21. The average Bonchev–Trinajstić information content (AvgIpc) is 3.12. The van der Waals surface area contributed by atoms with Crippen LogP contribution in [-0.2, 0) is 6.54 Å². The van der Waals surface area contributed by atoms with Crippen LogP contribution in [0.3, 0.4) is 0 Å². The van der Waals surface area contributed by atoms with Crippen LogP contribution in [0.1, 0.15) is 15.9 Å². The molecule has 2 aromatic heterocycles. The molecule has 3 rings (SSSR count).